The summed E-state index contributed by atoms with van der Waals surface area (Å²) in [5.74, 6) is 0.371. The number of halogens is 1. The van der Waals surface area contributed by atoms with Crippen molar-refractivity contribution in [1.29, 1.82) is 5.26 Å². The van der Waals surface area contributed by atoms with Crippen LogP contribution in [0.25, 0.3) is 0 Å². The number of rotatable bonds is 4. The van der Waals surface area contributed by atoms with E-state index in [-0.39, 0.29) is 11.5 Å². The van der Waals surface area contributed by atoms with E-state index in [1.807, 2.05) is 6.07 Å². The summed E-state index contributed by atoms with van der Waals surface area (Å²) in [6, 6.07) is 8.56. The first-order valence-electron chi connectivity index (χ1n) is 5.49. The van der Waals surface area contributed by atoms with E-state index in [2.05, 4.69) is 15.3 Å². The first-order valence-corrected chi connectivity index (χ1v) is 5.49. The molecular weight excluding hydrogens is 231 g/mol. The molecule has 4 nitrogen and oxygen atoms in total. The Labute approximate surface area is 104 Å². The van der Waals surface area contributed by atoms with Crippen LogP contribution in [-0.2, 0) is 6.42 Å². The lowest BCUT2D eigenvalue weighted by atomic mass is 10.1. The molecule has 5 heteroatoms. The summed E-state index contributed by atoms with van der Waals surface area (Å²) in [5.41, 5.74) is 0.932. The van der Waals surface area contributed by atoms with Gasteiger partial charge in [-0.2, -0.15) is 5.26 Å². The number of hydrogen-bond donors (Lipinski definition) is 1. The maximum Gasteiger partial charge on any atom is 0.158 e. The average Bonchev–Trinajstić information content (AvgIpc) is 2.42. The number of nitrogens with one attached hydrogen (secondary N) is 1. The number of benzene rings is 1. The lowest BCUT2D eigenvalue weighted by Gasteiger charge is -2.05. The molecule has 0 aliphatic heterocycles. The van der Waals surface area contributed by atoms with Crippen molar-refractivity contribution in [1.82, 2.24) is 9.97 Å². The van der Waals surface area contributed by atoms with Gasteiger partial charge in [-0.1, -0.05) is 18.2 Å². The van der Waals surface area contributed by atoms with Gasteiger partial charge >= 0.3 is 0 Å². The SMILES string of the molecule is N#Cc1cnc(NCCc2ccccc2F)cn1. The van der Waals surface area contributed by atoms with Crippen molar-refractivity contribution in [3.8, 4) is 6.07 Å². The Morgan fingerprint density at radius 1 is 1.22 bits per heavy atom. The molecule has 1 aromatic carbocycles. The Balaban J connectivity index is 1.89. The summed E-state index contributed by atoms with van der Waals surface area (Å²) in [5, 5.41) is 11.6. The van der Waals surface area contributed by atoms with E-state index in [1.54, 1.807) is 18.2 Å². The third-order valence-corrected chi connectivity index (χ3v) is 2.42. The van der Waals surface area contributed by atoms with Gasteiger partial charge in [0, 0.05) is 6.54 Å². The Morgan fingerprint density at radius 2 is 2.06 bits per heavy atom. The standard InChI is InChI=1S/C13H11FN4/c14-12-4-2-1-3-10(12)5-6-16-13-9-17-11(7-15)8-18-13/h1-4,8-9H,5-6H2,(H,16,18). The monoisotopic (exact) mass is 242 g/mol. The lowest BCUT2D eigenvalue weighted by Crippen LogP contribution is -2.07. The molecule has 0 saturated heterocycles. The first kappa shape index (κ1) is 12.0. The molecule has 18 heavy (non-hydrogen) atoms. The highest BCUT2D eigenvalue weighted by molar-refractivity contribution is 5.33. The van der Waals surface area contributed by atoms with Gasteiger partial charge in [-0.15, -0.1) is 0 Å². The lowest BCUT2D eigenvalue weighted by molar-refractivity contribution is 0.610. The quantitative estimate of drug-likeness (QED) is 0.892. The smallest absolute Gasteiger partial charge is 0.158 e. The van der Waals surface area contributed by atoms with Crippen LogP contribution in [0.3, 0.4) is 0 Å². The van der Waals surface area contributed by atoms with Gasteiger partial charge in [0.1, 0.15) is 17.7 Å². The second-order valence-corrected chi connectivity index (χ2v) is 3.67. The molecular formula is C13H11FN4. The topological polar surface area (TPSA) is 61.6 Å². The molecule has 90 valence electrons. The zero-order valence-electron chi connectivity index (χ0n) is 9.60. The molecule has 0 atom stereocenters. The minimum absolute atomic E-state index is 0.204. The molecule has 0 amide bonds. The average molecular weight is 242 g/mol. The second-order valence-electron chi connectivity index (χ2n) is 3.67. The van der Waals surface area contributed by atoms with E-state index >= 15 is 0 Å². The number of anilines is 1. The molecule has 2 aromatic rings. The van der Waals surface area contributed by atoms with Gasteiger partial charge in [0.2, 0.25) is 0 Å². The van der Waals surface area contributed by atoms with Gasteiger partial charge in [0.25, 0.3) is 0 Å². The fourth-order valence-electron chi connectivity index (χ4n) is 1.50. The van der Waals surface area contributed by atoms with Gasteiger partial charge in [-0.3, -0.25) is 0 Å². The molecule has 0 aliphatic rings. The first-order chi connectivity index (χ1) is 8.79. The van der Waals surface area contributed by atoms with Gasteiger partial charge in [-0.25, -0.2) is 14.4 Å². The predicted octanol–water partition coefficient (Wildman–Crippen LogP) is 2.14. The van der Waals surface area contributed by atoms with Crippen LogP contribution in [0.2, 0.25) is 0 Å². The van der Waals surface area contributed by atoms with Crippen LogP contribution in [0, 0.1) is 17.1 Å². The minimum atomic E-state index is -0.204. The Kier molecular flexibility index (Phi) is 3.82. The molecule has 0 unspecified atom stereocenters. The van der Waals surface area contributed by atoms with Crippen molar-refractivity contribution in [2.24, 2.45) is 0 Å². The van der Waals surface area contributed by atoms with Crippen LogP contribution >= 0.6 is 0 Å². The summed E-state index contributed by atoms with van der Waals surface area (Å²) in [6.07, 6.45) is 3.44. The van der Waals surface area contributed by atoms with E-state index in [0.717, 1.165) is 0 Å². The predicted molar refractivity (Wildman–Crippen MR) is 65.3 cm³/mol. The van der Waals surface area contributed by atoms with Crippen molar-refractivity contribution in [2.45, 2.75) is 6.42 Å². The molecule has 1 heterocycles. The van der Waals surface area contributed by atoms with Crippen LogP contribution in [0.1, 0.15) is 11.3 Å². The maximum absolute atomic E-state index is 13.3. The highest BCUT2D eigenvalue weighted by Gasteiger charge is 2.00. The molecule has 0 radical (unpaired) electrons. The van der Waals surface area contributed by atoms with Crippen molar-refractivity contribution in [3.63, 3.8) is 0 Å². The summed E-state index contributed by atoms with van der Waals surface area (Å²) in [4.78, 5) is 7.89. The maximum atomic E-state index is 13.3. The van der Waals surface area contributed by atoms with Crippen LogP contribution in [0.5, 0.6) is 0 Å². The third-order valence-electron chi connectivity index (χ3n) is 2.42. The van der Waals surface area contributed by atoms with Crippen LogP contribution in [0.15, 0.2) is 36.7 Å². The fraction of sp³-hybridized carbons (Fsp3) is 0.154. The van der Waals surface area contributed by atoms with Crippen molar-refractivity contribution < 1.29 is 4.39 Å². The molecule has 0 fully saturated rings. The summed E-state index contributed by atoms with van der Waals surface area (Å²) < 4.78 is 13.3. The zero-order valence-corrected chi connectivity index (χ0v) is 9.60. The van der Waals surface area contributed by atoms with Crippen molar-refractivity contribution in [3.05, 3.63) is 53.7 Å². The number of nitriles is 1. The zero-order chi connectivity index (χ0) is 12.8. The summed E-state index contributed by atoms with van der Waals surface area (Å²) in [6.45, 7) is 0.557. The van der Waals surface area contributed by atoms with Crippen LogP contribution < -0.4 is 5.32 Å². The van der Waals surface area contributed by atoms with Gasteiger partial charge in [0.05, 0.1) is 12.4 Å². The summed E-state index contributed by atoms with van der Waals surface area (Å²) in [7, 11) is 0. The third kappa shape index (κ3) is 3.01. The Bertz CT molecular complexity index is 560. The fourth-order valence-corrected chi connectivity index (χ4v) is 1.50. The van der Waals surface area contributed by atoms with E-state index < -0.39 is 0 Å². The van der Waals surface area contributed by atoms with E-state index in [1.165, 1.54) is 18.5 Å². The van der Waals surface area contributed by atoms with E-state index in [0.29, 0.717) is 24.3 Å². The van der Waals surface area contributed by atoms with E-state index in [4.69, 9.17) is 5.26 Å². The molecule has 2 rings (SSSR count). The van der Waals surface area contributed by atoms with Gasteiger partial charge in [0.15, 0.2) is 5.69 Å². The number of aromatic nitrogens is 2. The van der Waals surface area contributed by atoms with Crippen molar-refractivity contribution >= 4 is 5.82 Å². The second kappa shape index (κ2) is 5.73. The number of nitrogens with zero attached hydrogens (tertiary/aromatic N) is 3. The Morgan fingerprint density at radius 3 is 2.72 bits per heavy atom. The van der Waals surface area contributed by atoms with Crippen LogP contribution in [0.4, 0.5) is 10.2 Å². The number of hydrogen-bond acceptors (Lipinski definition) is 4. The molecule has 1 aromatic heterocycles. The molecule has 1 N–H and O–H groups in total. The van der Waals surface area contributed by atoms with E-state index in [9.17, 15) is 4.39 Å². The Hall–Kier alpha value is -2.48. The van der Waals surface area contributed by atoms with Crippen molar-refractivity contribution in [2.75, 3.05) is 11.9 Å². The molecule has 0 aliphatic carbocycles. The van der Waals surface area contributed by atoms with Gasteiger partial charge in [-0.05, 0) is 18.1 Å². The molecule has 0 saturated carbocycles. The highest BCUT2D eigenvalue weighted by atomic mass is 19.1. The summed E-state index contributed by atoms with van der Waals surface area (Å²) >= 11 is 0. The van der Waals surface area contributed by atoms with Gasteiger partial charge < -0.3 is 5.32 Å². The minimum Gasteiger partial charge on any atom is -0.368 e. The normalized spacial score (nSPS) is 9.78. The largest absolute Gasteiger partial charge is 0.368 e. The molecule has 0 spiro atoms. The molecule has 0 bridgehead atoms. The van der Waals surface area contributed by atoms with Crippen LogP contribution in [-0.4, -0.2) is 16.5 Å². The highest BCUT2D eigenvalue weighted by Crippen LogP contribution is 2.07.